The quantitative estimate of drug-likeness (QED) is 0.726. The van der Waals surface area contributed by atoms with E-state index in [0.29, 0.717) is 5.75 Å². The van der Waals surface area contributed by atoms with Crippen molar-refractivity contribution in [3.8, 4) is 11.6 Å². The number of phenols is 1. The van der Waals surface area contributed by atoms with Crippen LogP contribution in [0.3, 0.4) is 0 Å². The van der Waals surface area contributed by atoms with Crippen molar-refractivity contribution in [2.24, 2.45) is 4.99 Å². The maximum absolute atomic E-state index is 11.4. The molecule has 0 amide bonds. The Morgan fingerprint density at radius 1 is 1.00 bits per heavy atom. The van der Waals surface area contributed by atoms with Gasteiger partial charge in [0, 0.05) is 17.3 Å². The van der Waals surface area contributed by atoms with Gasteiger partial charge in [0.15, 0.2) is 0 Å². The zero-order valence-electron chi connectivity index (χ0n) is 15.5. The molecule has 25 heavy (non-hydrogen) atoms. The number of benzene rings is 1. The van der Waals surface area contributed by atoms with Gasteiger partial charge >= 0.3 is 0 Å². The normalized spacial score (nSPS) is 12.7. The summed E-state index contributed by atoms with van der Waals surface area (Å²) in [6.45, 7) is 12.2. The standard InChI is InChI=1S/C19H25N3O3/c1-18(2,3)12-7-11(8-13(16(12)25)19(4,5)6)10-20-17-21-14(23)9-15(24)22-17/h7-10,25H,1-6H3,(H2,21,22,23,24). The van der Waals surface area contributed by atoms with E-state index in [4.69, 9.17) is 0 Å². The van der Waals surface area contributed by atoms with Gasteiger partial charge in [-0.2, -0.15) is 4.98 Å². The number of nitrogens with zero attached hydrogens (tertiary/aromatic N) is 2. The summed E-state index contributed by atoms with van der Waals surface area (Å²) in [5.74, 6) is -0.0684. The molecule has 0 unspecified atom stereocenters. The van der Waals surface area contributed by atoms with Gasteiger partial charge in [-0.1, -0.05) is 41.5 Å². The molecule has 1 aromatic carbocycles. The molecule has 0 aliphatic heterocycles. The molecule has 0 saturated heterocycles. The molecule has 0 bridgehead atoms. The molecule has 1 heterocycles. The molecule has 0 atom stereocenters. The summed E-state index contributed by atoms with van der Waals surface area (Å²) in [5, 5.41) is 20.1. The third-order valence-corrected chi connectivity index (χ3v) is 3.80. The fourth-order valence-corrected chi connectivity index (χ4v) is 2.50. The molecule has 2 rings (SSSR count). The number of aliphatic imine (C=N–C) groups is 1. The van der Waals surface area contributed by atoms with Gasteiger partial charge in [0.2, 0.25) is 11.8 Å². The molecule has 6 nitrogen and oxygen atoms in total. The zero-order chi connectivity index (χ0) is 19.0. The van der Waals surface area contributed by atoms with Gasteiger partial charge in [-0.15, -0.1) is 0 Å². The third-order valence-electron chi connectivity index (χ3n) is 3.80. The Morgan fingerprint density at radius 3 is 1.96 bits per heavy atom. The number of rotatable bonds is 2. The fraction of sp³-hybridized carbons (Fsp3) is 0.421. The highest BCUT2D eigenvalue weighted by molar-refractivity contribution is 5.83. The van der Waals surface area contributed by atoms with Gasteiger partial charge in [0.05, 0.1) is 6.07 Å². The second kappa shape index (κ2) is 6.35. The van der Waals surface area contributed by atoms with Crippen LogP contribution in [-0.4, -0.2) is 26.4 Å². The highest BCUT2D eigenvalue weighted by Gasteiger charge is 2.26. The lowest BCUT2D eigenvalue weighted by Crippen LogP contribution is -2.17. The van der Waals surface area contributed by atoms with E-state index in [1.807, 2.05) is 53.7 Å². The first-order valence-corrected chi connectivity index (χ1v) is 8.10. The minimum absolute atomic E-state index is 0.0210. The van der Waals surface area contributed by atoms with E-state index in [1.54, 1.807) is 6.21 Å². The molecule has 134 valence electrons. The van der Waals surface area contributed by atoms with Crippen molar-refractivity contribution in [1.82, 2.24) is 9.97 Å². The number of hydrogen-bond acceptors (Lipinski definition) is 5. The molecule has 0 spiro atoms. The fourth-order valence-electron chi connectivity index (χ4n) is 2.50. The minimum Gasteiger partial charge on any atom is -0.507 e. The zero-order valence-corrected chi connectivity index (χ0v) is 15.5. The molecular formula is C19H25N3O3. The van der Waals surface area contributed by atoms with Crippen LogP contribution >= 0.6 is 0 Å². The van der Waals surface area contributed by atoms with Crippen LogP contribution in [0.15, 0.2) is 28.0 Å². The average Bonchev–Trinajstić information content (AvgIpc) is 2.42. The van der Waals surface area contributed by atoms with Gasteiger partial charge < -0.3 is 10.2 Å². The molecule has 0 radical (unpaired) electrons. The van der Waals surface area contributed by atoms with E-state index >= 15 is 0 Å². The lowest BCUT2D eigenvalue weighted by atomic mass is 9.78. The molecule has 0 saturated carbocycles. The van der Waals surface area contributed by atoms with Crippen molar-refractivity contribution < 1.29 is 10.2 Å². The van der Waals surface area contributed by atoms with Crippen molar-refractivity contribution in [1.29, 1.82) is 0 Å². The number of aromatic nitrogens is 2. The predicted molar refractivity (Wildman–Crippen MR) is 99.3 cm³/mol. The molecule has 0 aliphatic rings. The summed E-state index contributed by atoms with van der Waals surface area (Å²) in [6, 6.07) is 4.72. The summed E-state index contributed by atoms with van der Waals surface area (Å²) in [5.41, 5.74) is 1.45. The summed E-state index contributed by atoms with van der Waals surface area (Å²) >= 11 is 0. The lowest BCUT2D eigenvalue weighted by Gasteiger charge is -2.27. The topological polar surface area (TPSA) is 98.6 Å². The van der Waals surface area contributed by atoms with Crippen LogP contribution in [0.25, 0.3) is 0 Å². The second-order valence-electron chi connectivity index (χ2n) is 8.15. The van der Waals surface area contributed by atoms with Gasteiger partial charge in [-0.05, 0) is 28.5 Å². The van der Waals surface area contributed by atoms with Crippen molar-refractivity contribution in [2.45, 2.75) is 52.4 Å². The second-order valence-corrected chi connectivity index (χ2v) is 8.15. The monoisotopic (exact) mass is 343 g/mol. The van der Waals surface area contributed by atoms with E-state index < -0.39 is 5.56 Å². The molecule has 6 heteroatoms. The number of phenolic OH excluding ortho intramolecular Hbond substituents is 1. The Morgan fingerprint density at radius 2 is 1.52 bits per heavy atom. The number of hydrogen-bond donors (Lipinski definition) is 3. The van der Waals surface area contributed by atoms with E-state index in [9.17, 15) is 15.0 Å². The minimum atomic E-state index is -0.476. The number of aromatic hydroxyl groups is 2. The van der Waals surface area contributed by atoms with Crippen LogP contribution in [-0.2, 0) is 10.8 Å². The number of nitrogens with one attached hydrogen (secondary N) is 1. The van der Waals surface area contributed by atoms with Gasteiger partial charge in [-0.25, -0.2) is 4.99 Å². The highest BCUT2D eigenvalue weighted by Crippen LogP contribution is 2.39. The lowest BCUT2D eigenvalue weighted by molar-refractivity contribution is 0.423. The van der Waals surface area contributed by atoms with Crippen molar-refractivity contribution in [3.05, 3.63) is 45.2 Å². The van der Waals surface area contributed by atoms with Crippen LogP contribution in [0, 0.1) is 0 Å². The smallest absolute Gasteiger partial charge is 0.256 e. The van der Waals surface area contributed by atoms with E-state index in [1.165, 1.54) is 0 Å². The molecule has 0 aliphatic carbocycles. The Bertz CT molecular complexity index is 834. The van der Waals surface area contributed by atoms with Crippen LogP contribution in [0.4, 0.5) is 5.95 Å². The van der Waals surface area contributed by atoms with Crippen LogP contribution in [0.5, 0.6) is 11.6 Å². The summed E-state index contributed by atoms with van der Waals surface area (Å²) in [4.78, 5) is 21.7. The van der Waals surface area contributed by atoms with Gasteiger partial charge in [0.1, 0.15) is 5.75 Å². The third kappa shape index (κ3) is 4.47. The van der Waals surface area contributed by atoms with E-state index in [0.717, 1.165) is 22.8 Å². The van der Waals surface area contributed by atoms with Crippen LogP contribution in [0.1, 0.15) is 58.2 Å². The first-order chi connectivity index (χ1) is 11.4. The maximum atomic E-state index is 11.4. The molecule has 2 aromatic rings. The Hall–Kier alpha value is -2.63. The summed E-state index contributed by atoms with van der Waals surface area (Å²) < 4.78 is 0. The van der Waals surface area contributed by atoms with Crippen LogP contribution in [0.2, 0.25) is 0 Å². The highest BCUT2D eigenvalue weighted by atomic mass is 16.3. The molecule has 1 aromatic heterocycles. The average molecular weight is 343 g/mol. The molecular weight excluding hydrogens is 318 g/mol. The largest absolute Gasteiger partial charge is 0.507 e. The maximum Gasteiger partial charge on any atom is 0.256 e. The Kier molecular flexibility index (Phi) is 4.75. The van der Waals surface area contributed by atoms with Gasteiger partial charge in [-0.3, -0.25) is 9.78 Å². The number of H-pyrrole nitrogens is 1. The predicted octanol–water partition coefficient (Wildman–Crippen LogP) is 3.53. The van der Waals surface area contributed by atoms with Crippen molar-refractivity contribution >= 4 is 12.2 Å². The van der Waals surface area contributed by atoms with Crippen molar-refractivity contribution in [3.63, 3.8) is 0 Å². The van der Waals surface area contributed by atoms with Crippen molar-refractivity contribution in [2.75, 3.05) is 0 Å². The summed E-state index contributed by atoms with van der Waals surface area (Å²) in [7, 11) is 0. The first kappa shape index (κ1) is 18.7. The van der Waals surface area contributed by atoms with E-state index in [2.05, 4.69) is 15.0 Å². The first-order valence-electron chi connectivity index (χ1n) is 8.10. The van der Waals surface area contributed by atoms with Gasteiger partial charge in [0.25, 0.3) is 5.56 Å². The Balaban J connectivity index is 2.57. The number of aromatic amines is 1. The Labute approximate surface area is 147 Å². The van der Waals surface area contributed by atoms with Crippen LogP contribution < -0.4 is 5.56 Å². The summed E-state index contributed by atoms with van der Waals surface area (Å²) in [6.07, 6.45) is 1.56. The SMILES string of the molecule is CC(C)(C)c1cc(C=Nc2nc(O)cc(=O)[nH]2)cc(C(C)(C)C)c1O. The van der Waals surface area contributed by atoms with E-state index in [-0.39, 0.29) is 22.7 Å². The molecule has 3 N–H and O–H groups in total. The molecule has 0 fully saturated rings.